The number of halogens is 3. The summed E-state index contributed by atoms with van der Waals surface area (Å²) in [7, 11) is 1.75. The molecule has 0 saturated carbocycles. The van der Waals surface area contributed by atoms with E-state index in [4.69, 9.17) is 0 Å². The van der Waals surface area contributed by atoms with E-state index in [1.54, 1.807) is 19.4 Å². The number of alkyl halides is 3. The molecular formula is C12H17F3N2. The summed E-state index contributed by atoms with van der Waals surface area (Å²) in [5, 5.41) is 3.02. The van der Waals surface area contributed by atoms with E-state index in [0.717, 1.165) is 11.1 Å². The lowest BCUT2D eigenvalue weighted by atomic mass is 10.0. The van der Waals surface area contributed by atoms with Gasteiger partial charge in [0.2, 0.25) is 0 Å². The lowest BCUT2D eigenvalue weighted by molar-refractivity contribution is -0.135. The maximum atomic E-state index is 12.0. The summed E-state index contributed by atoms with van der Waals surface area (Å²) in [6, 6.07) is 1.88. The molecule has 1 aromatic rings. The molecule has 1 atom stereocenters. The van der Waals surface area contributed by atoms with Gasteiger partial charge in [-0.1, -0.05) is 6.07 Å². The van der Waals surface area contributed by atoms with Crippen molar-refractivity contribution in [2.75, 3.05) is 7.05 Å². The number of hydrogen-bond donors (Lipinski definition) is 1. The van der Waals surface area contributed by atoms with Gasteiger partial charge in [0, 0.05) is 24.9 Å². The molecule has 0 aromatic carbocycles. The maximum absolute atomic E-state index is 12.0. The number of pyridine rings is 1. The Morgan fingerprint density at radius 1 is 1.35 bits per heavy atom. The molecule has 0 radical (unpaired) electrons. The number of nitrogens with zero attached hydrogens (tertiary/aromatic N) is 1. The van der Waals surface area contributed by atoms with Gasteiger partial charge in [0.1, 0.15) is 0 Å². The van der Waals surface area contributed by atoms with Crippen molar-refractivity contribution in [1.29, 1.82) is 0 Å². The van der Waals surface area contributed by atoms with Crippen molar-refractivity contribution in [2.45, 2.75) is 38.4 Å². The van der Waals surface area contributed by atoms with Gasteiger partial charge in [-0.2, -0.15) is 13.2 Å². The second kappa shape index (κ2) is 6.00. The van der Waals surface area contributed by atoms with E-state index in [-0.39, 0.29) is 12.5 Å². The summed E-state index contributed by atoms with van der Waals surface area (Å²) in [5.74, 6) is 0. The number of nitrogens with one attached hydrogen (secondary N) is 1. The van der Waals surface area contributed by atoms with Crippen molar-refractivity contribution in [3.05, 3.63) is 29.6 Å². The number of aromatic nitrogens is 1. The summed E-state index contributed by atoms with van der Waals surface area (Å²) in [5.41, 5.74) is 1.95. The molecule has 1 heterocycles. The molecule has 0 saturated heterocycles. The fraction of sp³-hybridized carbons (Fsp3) is 0.583. The van der Waals surface area contributed by atoms with Crippen LogP contribution in [-0.2, 0) is 0 Å². The second-order valence-corrected chi connectivity index (χ2v) is 4.14. The van der Waals surface area contributed by atoms with E-state index >= 15 is 0 Å². The van der Waals surface area contributed by atoms with Gasteiger partial charge < -0.3 is 5.32 Å². The van der Waals surface area contributed by atoms with Crippen LogP contribution >= 0.6 is 0 Å². The molecular weight excluding hydrogens is 229 g/mol. The van der Waals surface area contributed by atoms with Crippen molar-refractivity contribution in [3.8, 4) is 0 Å². The first-order chi connectivity index (χ1) is 7.92. The van der Waals surface area contributed by atoms with Crippen LogP contribution in [0.3, 0.4) is 0 Å². The van der Waals surface area contributed by atoms with Crippen LogP contribution in [0.15, 0.2) is 18.5 Å². The SMILES string of the molecule is CNC(CCCC(F)(F)F)c1cncc(C)c1. The average molecular weight is 246 g/mol. The third-order valence-electron chi connectivity index (χ3n) is 2.60. The Hall–Kier alpha value is -1.10. The number of aryl methyl sites for hydroxylation is 1. The summed E-state index contributed by atoms with van der Waals surface area (Å²) < 4.78 is 36.1. The molecule has 1 aromatic heterocycles. The van der Waals surface area contributed by atoms with Gasteiger partial charge >= 0.3 is 6.18 Å². The van der Waals surface area contributed by atoms with Gasteiger partial charge in [-0.15, -0.1) is 0 Å². The standard InChI is InChI=1S/C12H17F3N2/c1-9-6-10(8-17-7-9)11(16-2)4-3-5-12(13,14)15/h6-8,11,16H,3-5H2,1-2H3. The lowest BCUT2D eigenvalue weighted by Crippen LogP contribution is -2.18. The number of rotatable bonds is 5. The largest absolute Gasteiger partial charge is 0.389 e. The van der Waals surface area contributed by atoms with Crippen LogP contribution in [0.1, 0.15) is 36.4 Å². The molecule has 2 nitrogen and oxygen atoms in total. The van der Waals surface area contributed by atoms with Crippen molar-refractivity contribution in [1.82, 2.24) is 10.3 Å². The molecule has 0 aliphatic rings. The Balaban J connectivity index is 2.54. The summed E-state index contributed by atoms with van der Waals surface area (Å²) in [6.45, 7) is 1.92. The van der Waals surface area contributed by atoms with Gasteiger partial charge in [0.05, 0.1) is 0 Å². The van der Waals surface area contributed by atoms with Crippen LogP contribution in [0, 0.1) is 6.92 Å². The third kappa shape index (κ3) is 5.17. The fourth-order valence-electron chi connectivity index (χ4n) is 1.75. The van der Waals surface area contributed by atoms with Gasteiger partial charge in [0.25, 0.3) is 0 Å². The molecule has 0 spiro atoms. The highest BCUT2D eigenvalue weighted by atomic mass is 19.4. The van der Waals surface area contributed by atoms with Gasteiger partial charge in [-0.3, -0.25) is 4.98 Å². The smallest absolute Gasteiger partial charge is 0.313 e. The Morgan fingerprint density at radius 3 is 2.59 bits per heavy atom. The summed E-state index contributed by atoms with van der Waals surface area (Å²) in [4.78, 5) is 4.05. The van der Waals surface area contributed by atoms with E-state index in [0.29, 0.717) is 6.42 Å². The number of hydrogen-bond acceptors (Lipinski definition) is 2. The first kappa shape index (κ1) is 14.0. The first-order valence-corrected chi connectivity index (χ1v) is 5.58. The zero-order valence-electron chi connectivity index (χ0n) is 10.0. The molecule has 0 bridgehead atoms. The minimum Gasteiger partial charge on any atom is -0.313 e. The quantitative estimate of drug-likeness (QED) is 0.861. The summed E-state index contributed by atoms with van der Waals surface area (Å²) >= 11 is 0. The van der Waals surface area contributed by atoms with Crippen LogP contribution in [-0.4, -0.2) is 18.2 Å². The van der Waals surface area contributed by atoms with Gasteiger partial charge in [0.15, 0.2) is 0 Å². The average Bonchev–Trinajstić information content (AvgIpc) is 2.23. The Labute approximate surface area is 99.3 Å². The van der Waals surface area contributed by atoms with Crippen molar-refractivity contribution < 1.29 is 13.2 Å². The molecule has 0 amide bonds. The highest BCUT2D eigenvalue weighted by Gasteiger charge is 2.26. The third-order valence-corrected chi connectivity index (χ3v) is 2.60. The molecule has 0 aliphatic carbocycles. The lowest BCUT2D eigenvalue weighted by Gasteiger charge is -2.17. The van der Waals surface area contributed by atoms with Gasteiger partial charge in [-0.05, 0) is 37.9 Å². The highest BCUT2D eigenvalue weighted by Crippen LogP contribution is 2.26. The van der Waals surface area contributed by atoms with E-state index in [1.807, 2.05) is 13.0 Å². The molecule has 17 heavy (non-hydrogen) atoms. The zero-order valence-corrected chi connectivity index (χ0v) is 10.0. The minimum atomic E-state index is -4.07. The normalized spacial score (nSPS) is 13.7. The first-order valence-electron chi connectivity index (χ1n) is 5.58. The van der Waals surface area contributed by atoms with E-state index in [9.17, 15) is 13.2 Å². The predicted molar refractivity (Wildman–Crippen MR) is 60.7 cm³/mol. The van der Waals surface area contributed by atoms with Crippen LogP contribution in [0.2, 0.25) is 0 Å². The molecule has 1 N–H and O–H groups in total. The molecule has 5 heteroatoms. The van der Waals surface area contributed by atoms with Crippen LogP contribution in [0.25, 0.3) is 0 Å². The van der Waals surface area contributed by atoms with Crippen molar-refractivity contribution in [2.24, 2.45) is 0 Å². The molecule has 0 aliphatic heterocycles. The fourth-order valence-corrected chi connectivity index (χ4v) is 1.75. The molecule has 96 valence electrons. The van der Waals surface area contributed by atoms with Crippen molar-refractivity contribution >= 4 is 0 Å². The predicted octanol–water partition coefficient (Wildman–Crippen LogP) is 3.38. The highest BCUT2D eigenvalue weighted by molar-refractivity contribution is 5.19. The van der Waals surface area contributed by atoms with E-state index in [2.05, 4.69) is 10.3 Å². The minimum absolute atomic E-state index is 0.0650. The van der Waals surface area contributed by atoms with Crippen LogP contribution in [0.4, 0.5) is 13.2 Å². The molecule has 1 rings (SSSR count). The van der Waals surface area contributed by atoms with Gasteiger partial charge in [-0.25, -0.2) is 0 Å². The molecule has 1 unspecified atom stereocenters. The monoisotopic (exact) mass is 246 g/mol. The Morgan fingerprint density at radius 2 is 2.06 bits per heavy atom. The van der Waals surface area contributed by atoms with E-state index in [1.165, 1.54) is 0 Å². The topological polar surface area (TPSA) is 24.9 Å². The van der Waals surface area contributed by atoms with E-state index < -0.39 is 12.6 Å². The Kier molecular flexibility index (Phi) is 4.93. The van der Waals surface area contributed by atoms with Crippen LogP contribution in [0.5, 0.6) is 0 Å². The van der Waals surface area contributed by atoms with Crippen molar-refractivity contribution in [3.63, 3.8) is 0 Å². The molecule has 0 fully saturated rings. The zero-order chi connectivity index (χ0) is 12.9. The van der Waals surface area contributed by atoms with Crippen LogP contribution < -0.4 is 5.32 Å². The second-order valence-electron chi connectivity index (χ2n) is 4.14. The Bertz CT molecular complexity index is 350. The summed E-state index contributed by atoms with van der Waals surface area (Å²) in [6.07, 6.45) is -0.786. The maximum Gasteiger partial charge on any atom is 0.389 e.